The van der Waals surface area contributed by atoms with Gasteiger partial charge in [0.25, 0.3) is 0 Å². The third-order valence-corrected chi connectivity index (χ3v) is 3.29. The first-order valence-electron chi connectivity index (χ1n) is 6.13. The molecule has 1 aliphatic rings. The first-order valence-corrected chi connectivity index (χ1v) is 6.13. The Morgan fingerprint density at radius 1 is 1.38 bits per heavy atom. The van der Waals surface area contributed by atoms with Crippen LogP contribution >= 0.6 is 0 Å². The summed E-state index contributed by atoms with van der Waals surface area (Å²) in [6, 6.07) is 0. The van der Waals surface area contributed by atoms with Crippen molar-refractivity contribution in [1.29, 1.82) is 0 Å². The molecule has 1 aliphatic carbocycles. The predicted molar refractivity (Wildman–Crippen MR) is 64.3 cm³/mol. The Morgan fingerprint density at radius 2 is 2.06 bits per heavy atom. The average Bonchev–Trinajstić information content (AvgIpc) is 2.70. The summed E-state index contributed by atoms with van der Waals surface area (Å²) < 4.78 is 4.89. The quantitative estimate of drug-likeness (QED) is 0.637. The molecule has 0 aromatic heterocycles. The van der Waals surface area contributed by atoms with Gasteiger partial charge in [-0.1, -0.05) is 19.8 Å². The SMILES string of the molecule is COCCNCC(=O)NCC1(C)CCCC1. The van der Waals surface area contributed by atoms with Crippen LogP contribution in [0, 0.1) is 5.41 Å². The van der Waals surface area contributed by atoms with Gasteiger partial charge in [-0.2, -0.15) is 0 Å². The lowest BCUT2D eigenvalue weighted by Gasteiger charge is -2.23. The summed E-state index contributed by atoms with van der Waals surface area (Å²) >= 11 is 0. The summed E-state index contributed by atoms with van der Waals surface area (Å²) in [7, 11) is 1.66. The zero-order chi connectivity index (χ0) is 11.9. The van der Waals surface area contributed by atoms with E-state index >= 15 is 0 Å². The van der Waals surface area contributed by atoms with Gasteiger partial charge in [-0.3, -0.25) is 4.79 Å². The van der Waals surface area contributed by atoms with Gasteiger partial charge in [0.1, 0.15) is 0 Å². The highest BCUT2D eigenvalue weighted by atomic mass is 16.5. The number of carbonyl (C=O) groups is 1. The minimum atomic E-state index is 0.0872. The maximum absolute atomic E-state index is 11.5. The summed E-state index contributed by atoms with van der Waals surface area (Å²) in [6.07, 6.45) is 5.09. The maximum Gasteiger partial charge on any atom is 0.233 e. The van der Waals surface area contributed by atoms with Crippen LogP contribution in [0.3, 0.4) is 0 Å². The Kier molecular flexibility index (Phi) is 5.77. The van der Waals surface area contributed by atoms with Gasteiger partial charge >= 0.3 is 0 Å². The lowest BCUT2D eigenvalue weighted by molar-refractivity contribution is -0.120. The Hall–Kier alpha value is -0.610. The molecule has 1 fully saturated rings. The molecule has 94 valence electrons. The highest BCUT2D eigenvalue weighted by molar-refractivity contribution is 5.78. The highest BCUT2D eigenvalue weighted by Gasteiger charge is 2.28. The van der Waals surface area contributed by atoms with Crippen LogP contribution in [0.1, 0.15) is 32.6 Å². The van der Waals surface area contributed by atoms with Crippen LogP contribution in [0.25, 0.3) is 0 Å². The van der Waals surface area contributed by atoms with Crippen molar-refractivity contribution in [3.63, 3.8) is 0 Å². The largest absolute Gasteiger partial charge is 0.383 e. The van der Waals surface area contributed by atoms with Gasteiger partial charge in [-0.05, 0) is 18.3 Å². The fraction of sp³-hybridized carbons (Fsp3) is 0.917. The summed E-state index contributed by atoms with van der Waals surface area (Å²) in [5.41, 5.74) is 0.336. The molecule has 0 aliphatic heterocycles. The molecule has 16 heavy (non-hydrogen) atoms. The molecule has 0 spiro atoms. The molecule has 0 radical (unpaired) electrons. The van der Waals surface area contributed by atoms with Gasteiger partial charge in [-0.15, -0.1) is 0 Å². The molecule has 1 saturated carbocycles. The van der Waals surface area contributed by atoms with Crippen LogP contribution < -0.4 is 10.6 Å². The van der Waals surface area contributed by atoms with E-state index in [-0.39, 0.29) is 5.91 Å². The molecular formula is C12H24N2O2. The Balaban J connectivity index is 2.05. The van der Waals surface area contributed by atoms with E-state index in [1.54, 1.807) is 7.11 Å². The van der Waals surface area contributed by atoms with E-state index in [4.69, 9.17) is 4.74 Å². The van der Waals surface area contributed by atoms with Crippen LogP contribution in [0.15, 0.2) is 0 Å². The summed E-state index contributed by atoms with van der Waals surface area (Å²) in [4.78, 5) is 11.5. The summed E-state index contributed by atoms with van der Waals surface area (Å²) in [6.45, 7) is 4.84. The molecule has 1 amide bonds. The molecule has 0 heterocycles. The fourth-order valence-corrected chi connectivity index (χ4v) is 2.16. The van der Waals surface area contributed by atoms with Crippen molar-refractivity contribution in [2.45, 2.75) is 32.6 Å². The van der Waals surface area contributed by atoms with Crippen LogP contribution in [0.4, 0.5) is 0 Å². The van der Waals surface area contributed by atoms with Crippen molar-refractivity contribution in [2.24, 2.45) is 5.41 Å². The lowest BCUT2D eigenvalue weighted by atomic mass is 9.89. The molecule has 0 unspecified atom stereocenters. The third-order valence-electron chi connectivity index (χ3n) is 3.29. The van der Waals surface area contributed by atoms with E-state index < -0.39 is 0 Å². The molecule has 0 aromatic carbocycles. The summed E-state index contributed by atoms with van der Waals surface area (Å²) in [5, 5.41) is 6.04. The van der Waals surface area contributed by atoms with E-state index in [0.29, 0.717) is 18.6 Å². The zero-order valence-electron chi connectivity index (χ0n) is 10.5. The molecule has 0 atom stereocenters. The highest BCUT2D eigenvalue weighted by Crippen LogP contribution is 2.36. The van der Waals surface area contributed by atoms with Crippen molar-refractivity contribution in [3.05, 3.63) is 0 Å². The Labute approximate surface area is 98.1 Å². The molecule has 0 saturated heterocycles. The first-order chi connectivity index (χ1) is 7.66. The number of nitrogens with one attached hydrogen (secondary N) is 2. The zero-order valence-corrected chi connectivity index (χ0v) is 10.5. The van der Waals surface area contributed by atoms with Crippen LogP contribution in [0.2, 0.25) is 0 Å². The molecular weight excluding hydrogens is 204 g/mol. The van der Waals surface area contributed by atoms with Crippen LogP contribution in [-0.2, 0) is 9.53 Å². The van der Waals surface area contributed by atoms with Crippen LogP contribution in [-0.4, -0.2) is 39.3 Å². The number of carbonyl (C=O) groups excluding carboxylic acids is 1. The molecule has 2 N–H and O–H groups in total. The number of rotatable bonds is 7. The number of methoxy groups -OCH3 is 1. The van der Waals surface area contributed by atoms with Crippen molar-refractivity contribution >= 4 is 5.91 Å². The normalized spacial score (nSPS) is 18.6. The predicted octanol–water partition coefficient (Wildman–Crippen LogP) is 0.919. The summed E-state index contributed by atoms with van der Waals surface area (Å²) in [5.74, 6) is 0.0872. The minimum absolute atomic E-state index is 0.0872. The topological polar surface area (TPSA) is 50.4 Å². The van der Waals surface area contributed by atoms with E-state index in [1.165, 1.54) is 25.7 Å². The standard InChI is InChI=1S/C12H24N2O2/c1-12(5-3-4-6-12)10-14-11(15)9-13-7-8-16-2/h13H,3-10H2,1-2H3,(H,14,15). The van der Waals surface area contributed by atoms with Crippen molar-refractivity contribution in [2.75, 3.05) is 33.4 Å². The number of ether oxygens (including phenoxy) is 1. The van der Waals surface area contributed by atoms with Crippen molar-refractivity contribution < 1.29 is 9.53 Å². The van der Waals surface area contributed by atoms with E-state index in [0.717, 1.165) is 13.1 Å². The van der Waals surface area contributed by atoms with Gasteiger partial charge in [0.2, 0.25) is 5.91 Å². The van der Waals surface area contributed by atoms with Gasteiger partial charge < -0.3 is 15.4 Å². The Morgan fingerprint density at radius 3 is 2.69 bits per heavy atom. The van der Waals surface area contributed by atoms with E-state index in [1.807, 2.05) is 0 Å². The van der Waals surface area contributed by atoms with Gasteiger partial charge in [-0.25, -0.2) is 0 Å². The molecule has 0 bridgehead atoms. The molecule has 1 rings (SSSR count). The van der Waals surface area contributed by atoms with E-state index in [9.17, 15) is 4.79 Å². The molecule has 0 aromatic rings. The average molecular weight is 228 g/mol. The van der Waals surface area contributed by atoms with E-state index in [2.05, 4.69) is 17.6 Å². The van der Waals surface area contributed by atoms with Gasteiger partial charge in [0.05, 0.1) is 13.2 Å². The second-order valence-corrected chi connectivity index (χ2v) is 4.96. The molecule has 4 heteroatoms. The van der Waals surface area contributed by atoms with Gasteiger partial charge in [0.15, 0.2) is 0 Å². The minimum Gasteiger partial charge on any atom is -0.383 e. The second kappa shape index (κ2) is 6.86. The maximum atomic E-state index is 11.5. The monoisotopic (exact) mass is 228 g/mol. The fourth-order valence-electron chi connectivity index (χ4n) is 2.16. The van der Waals surface area contributed by atoms with Crippen LogP contribution in [0.5, 0.6) is 0 Å². The molecule has 4 nitrogen and oxygen atoms in total. The second-order valence-electron chi connectivity index (χ2n) is 4.96. The third kappa shape index (κ3) is 4.94. The first kappa shape index (κ1) is 13.5. The van der Waals surface area contributed by atoms with Crippen molar-refractivity contribution in [3.8, 4) is 0 Å². The van der Waals surface area contributed by atoms with Gasteiger partial charge in [0, 0.05) is 20.2 Å². The Bertz CT molecular complexity index is 213. The number of amides is 1. The number of hydrogen-bond donors (Lipinski definition) is 2. The lowest BCUT2D eigenvalue weighted by Crippen LogP contribution is -2.39. The smallest absolute Gasteiger partial charge is 0.233 e. The number of hydrogen-bond acceptors (Lipinski definition) is 3. The van der Waals surface area contributed by atoms with Crippen molar-refractivity contribution in [1.82, 2.24) is 10.6 Å².